The van der Waals surface area contributed by atoms with Gasteiger partial charge in [0.15, 0.2) is 36.3 Å². The van der Waals surface area contributed by atoms with Gasteiger partial charge >= 0.3 is 12.7 Å². The van der Waals surface area contributed by atoms with Crippen LogP contribution < -0.4 is 34.3 Å². The van der Waals surface area contributed by atoms with E-state index < -0.39 is 55.4 Å². The van der Waals surface area contributed by atoms with Crippen molar-refractivity contribution < 1.29 is 64.7 Å². The van der Waals surface area contributed by atoms with Crippen LogP contribution in [0.4, 0.5) is 26.3 Å². The van der Waals surface area contributed by atoms with E-state index in [-0.39, 0.29) is 42.5 Å². The summed E-state index contributed by atoms with van der Waals surface area (Å²) in [6.45, 7) is -1.28. The van der Waals surface area contributed by atoms with Gasteiger partial charge < -0.3 is 39.4 Å². The second-order valence-electron chi connectivity index (χ2n) is 7.59. The fourth-order valence-electron chi connectivity index (χ4n) is 2.91. The molecule has 2 amide bonds. The number of nitrogens with one attached hydrogen (secondary N) is 2. The lowest BCUT2D eigenvalue weighted by Gasteiger charge is -2.13. The minimum Gasteiger partial charge on any atom is -0.484 e. The SMILES string of the molecule is O=C(COc1ccc(OC(F)(F)F)c(F)c1)NCC[C@H](O)CNC(=O)COc1ccc2c(c1)OC(F)(F)O2. The van der Waals surface area contributed by atoms with E-state index in [2.05, 4.69) is 24.8 Å². The summed E-state index contributed by atoms with van der Waals surface area (Å²) in [7, 11) is 0. The number of fused-ring (bicyclic) bond motifs is 1. The van der Waals surface area contributed by atoms with Gasteiger partial charge in [-0.15, -0.1) is 22.0 Å². The third kappa shape index (κ3) is 9.10. The van der Waals surface area contributed by atoms with Gasteiger partial charge in [-0.3, -0.25) is 9.59 Å². The largest absolute Gasteiger partial charge is 0.586 e. The highest BCUT2D eigenvalue weighted by molar-refractivity contribution is 5.78. The summed E-state index contributed by atoms with van der Waals surface area (Å²) in [5, 5.41) is 14.7. The predicted molar refractivity (Wildman–Crippen MR) is 113 cm³/mol. The molecule has 0 radical (unpaired) electrons. The van der Waals surface area contributed by atoms with Crippen molar-refractivity contribution >= 4 is 11.8 Å². The average Bonchev–Trinajstić information content (AvgIpc) is 3.13. The molecule has 16 heteroatoms. The lowest BCUT2D eigenvalue weighted by atomic mass is 10.2. The maximum absolute atomic E-state index is 13.6. The van der Waals surface area contributed by atoms with Gasteiger partial charge in [0.25, 0.3) is 11.8 Å². The van der Waals surface area contributed by atoms with Gasteiger partial charge in [0.05, 0.1) is 6.10 Å². The molecule has 2 aromatic carbocycles. The third-order valence-corrected chi connectivity index (χ3v) is 4.58. The third-order valence-electron chi connectivity index (χ3n) is 4.58. The molecule has 38 heavy (non-hydrogen) atoms. The van der Waals surface area contributed by atoms with Gasteiger partial charge in [0, 0.05) is 25.2 Å². The molecule has 0 unspecified atom stereocenters. The zero-order valence-electron chi connectivity index (χ0n) is 19.1. The molecule has 3 rings (SSSR count). The highest BCUT2D eigenvalue weighted by Crippen LogP contribution is 2.42. The number of carbonyl (C=O) groups is 2. The maximum atomic E-state index is 13.6. The Balaban J connectivity index is 1.28. The Hall–Kier alpha value is -4.08. The Bertz CT molecular complexity index is 1150. The molecule has 0 saturated carbocycles. The Labute approximate surface area is 210 Å². The van der Waals surface area contributed by atoms with E-state index >= 15 is 0 Å². The summed E-state index contributed by atoms with van der Waals surface area (Å²) in [6.07, 6.45) is -9.88. The van der Waals surface area contributed by atoms with Crippen LogP contribution in [-0.4, -0.2) is 62.0 Å². The molecule has 1 aliphatic heterocycles. The molecule has 0 fully saturated rings. The Morgan fingerprint density at radius 1 is 0.947 bits per heavy atom. The van der Waals surface area contributed by atoms with Gasteiger partial charge in [-0.1, -0.05) is 0 Å². The number of hydrogen-bond acceptors (Lipinski definition) is 8. The first-order chi connectivity index (χ1) is 17.8. The van der Waals surface area contributed by atoms with Crippen molar-refractivity contribution in [3.63, 3.8) is 0 Å². The fraction of sp³-hybridized carbons (Fsp3) is 0.364. The molecular weight excluding hydrogens is 534 g/mol. The van der Waals surface area contributed by atoms with Crippen LogP contribution in [0.25, 0.3) is 0 Å². The van der Waals surface area contributed by atoms with Crippen molar-refractivity contribution in [3.05, 3.63) is 42.2 Å². The highest BCUT2D eigenvalue weighted by Gasteiger charge is 2.43. The Morgan fingerprint density at radius 3 is 2.21 bits per heavy atom. The van der Waals surface area contributed by atoms with Gasteiger partial charge in [-0.2, -0.15) is 0 Å². The molecule has 0 aliphatic carbocycles. The van der Waals surface area contributed by atoms with Crippen LogP contribution in [-0.2, 0) is 9.59 Å². The minimum absolute atomic E-state index is 0.0235. The summed E-state index contributed by atoms with van der Waals surface area (Å²) < 4.78 is 98.3. The molecule has 1 atom stereocenters. The van der Waals surface area contributed by atoms with Crippen molar-refractivity contribution in [2.75, 3.05) is 26.3 Å². The molecule has 0 spiro atoms. The topological polar surface area (TPSA) is 125 Å². The normalized spacial score (nSPS) is 14.4. The zero-order chi connectivity index (χ0) is 27.9. The second kappa shape index (κ2) is 12.0. The Kier molecular flexibility index (Phi) is 8.98. The van der Waals surface area contributed by atoms with Crippen LogP contribution in [0, 0.1) is 5.82 Å². The van der Waals surface area contributed by atoms with Crippen LogP contribution in [0.2, 0.25) is 0 Å². The Morgan fingerprint density at radius 2 is 1.55 bits per heavy atom. The number of benzene rings is 2. The number of hydrogen-bond donors (Lipinski definition) is 3. The number of alkyl halides is 5. The van der Waals surface area contributed by atoms with Gasteiger partial charge in [0.1, 0.15) is 11.5 Å². The molecule has 0 bridgehead atoms. The smallest absolute Gasteiger partial charge is 0.484 e. The van der Waals surface area contributed by atoms with Crippen LogP contribution >= 0.6 is 0 Å². The number of carbonyl (C=O) groups excluding carboxylic acids is 2. The van der Waals surface area contributed by atoms with E-state index in [4.69, 9.17) is 9.47 Å². The summed E-state index contributed by atoms with van der Waals surface area (Å²) in [4.78, 5) is 23.7. The van der Waals surface area contributed by atoms with E-state index in [9.17, 15) is 41.0 Å². The highest BCUT2D eigenvalue weighted by atomic mass is 19.4. The fourth-order valence-corrected chi connectivity index (χ4v) is 2.91. The number of ether oxygens (including phenoxy) is 5. The van der Waals surface area contributed by atoms with Crippen molar-refractivity contribution in [2.45, 2.75) is 25.2 Å². The van der Waals surface area contributed by atoms with Crippen molar-refractivity contribution in [1.82, 2.24) is 10.6 Å². The molecule has 1 aliphatic rings. The van der Waals surface area contributed by atoms with Gasteiger partial charge in [-0.05, 0) is 30.7 Å². The van der Waals surface area contributed by atoms with Crippen molar-refractivity contribution in [1.29, 1.82) is 0 Å². The van der Waals surface area contributed by atoms with E-state index in [1.807, 2.05) is 0 Å². The predicted octanol–water partition coefficient (Wildman–Crippen LogP) is 2.49. The van der Waals surface area contributed by atoms with E-state index in [0.717, 1.165) is 12.1 Å². The number of aliphatic hydroxyl groups is 1. The molecule has 0 saturated heterocycles. The molecule has 0 aromatic heterocycles. The first-order valence-corrected chi connectivity index (χ1v) is 10.7. The second-order valence-corrected chi connectivity index (χ2v) is 7.59. The monoisotopic (exact) mass is 554 g/mol. The van der Waals surface area contributed by atoms with Crippen molar-refractivity contribution in [2.24, 2.45) is 0 Å². The summed E-state index contributed by atoms with van der Waals surface area (Å²) in [5.41, 5.74) is 0. The number of rotatable bonds is 12. The minimum atomic E-state index is -5.07. The summed E-state index contributed by atoms with van der Waals surface area (Å²) >= 11 is 0. The maximum Gasteiger partial charge on any atom is 0.586 e. The number of aliphatic hydroxyl groups excluding tert-OH is 1. The van der Waals surface area contributed by atoms with E-state index in [1.165, 1.54) is 12.1 Å². The summed E-state index contributed by atoms with van der Waals surface area (Å²) in [5.74, 6) is -4.25. The van der Waals surface area contributed by atoms with Crippen LogP contribution in [0.3, 0.4) is 0 Å². The molecule has 208 valence electrons. The first-order valence-electron chi connectivity index (χ1n) is 10.7. The molecule has 3 N–H and O–H groups in total. The quantitative estimate of drug-likeness (QED) is 0.342. The van der Waals surface area contributed by atoms with Crippen molar-refractivity contribution in [3.8, 4) is 28.7 Å². The standard InChI is InChI=1S/C22H20F6N2O8/c23-15-7-13(1-3-16(15)36-21(24,25)26)34-10-19(32)29-6-5-12(31)9-30-20(33)11-35-14-2-4-17-18(8-14)38-22(27,28)37-17/h1-4,7-8,12,31H,5-6,9-11H2,(H,29,32)(H,30,33)/t12-/m0/s1. The average molecular weight is 554 g/mol. The van der Waals surface area contributed by atoms with Crippen LogP contribution in [0.1, 0.15) is 6.42 Å². The van der Waals surface area contributed by atoms with E-state index in [0.29, 0.717) is 12.1 Å². The van der Waals surface area contributed by atoms with Gasteiger partial charge in [0.2, 0.25) is 0 Å². The molecule has 1 heterocycles. The molecular formula is C22H20F6N2O8. The van der Waals surface area contributed by atoms with Gasteiger partial charge in [-0.25, -0.2) is 4.39 Å². The lowest BCUT2D eigenvalue weighted by molar-refractivity contribution is -0.286. The molecule has 10 nitrogen and oxygen atoms in total. The number of amides is 2. The molecule has 2 aromatic rings. The summed E-state index contributed by atoms with van der Waals surface area (Å²) in [6, 6.07) is 5.91. The lowest BCUT2D eigenvalue weighted by Crippen LogP contribution is -2.37. The van der Waals surface area contributed by atoms with Crippen LogP contribution in [0.5, 0.6) is 28.7 Å². The van der Waals surface area contributed by atoms with E-state index in [1.54, 1.807) is 0 Å². The van der Waals surface area contributed by atoms with Crippen LogP contribution in [0.15, 0.2) is 36.4 Å². The number of halogens is 6. The zero-order valence-corrected chi connectivity index (χ0v) is 19.1. The first kappa shape index (κ1) is 28.5.